The maximum atomic E-state index is 2.75. The summed E-state index contributed by atoms with van der Waals surface area (Å²) in [6, 6.07) is 53.1. The number of fused-ring (bicyclic) bond motifs is 7. The predicted molar refractivity (Wildman–Crippen MR) is 316 cm³/mol. The highest BCUT2D eigenvalue weighted by Gasteiger charge is 2.49. The van der Waals surface area contributed by atoms with Crippen molar-refractivity contribution in [3.05, 3.63) is 172 Å². The monoisotopic (exact) mass is 959 g/mol. The van der Waals surface area contributed by atoms with E-state index in [9.17, 15) is 0 Å². The van der Waals surface area contributed by atoms with Gasteiger partial charge in [0.25, 0.3) is 6.71 Å². The van der Waals surface area contributed by atoms with Crippen LogP contribution < -0.4 is 26.2 Å². The van der Waals surface area contributed by atoms with Crippen LogP contribution in [0.4, 0.5) is 34.1 Å². The summed E-state index contributed by atoms with van der Waals surface area (Å²) in [6.45, 7) is 37.2. The average molecular weight is 959 g/mol. The average Bonchev–Trinajstić information content (AvgIpc) is 3.35. The highest BCUT2D eigenvalue weighted by molar-refractivity contribution is 7.00. The first kappa shape index (κ1) is 48.2. The summed E-state index contributed by atoms with van der Waals surface area (Å²) in [5.74, 6) is 0. The van der Waals surface area contributed by atoms with Crippen molar-refractivity contribution in [2.45, 2.75) is 180 Å². The molecule has 73 heavy (non-hydrogen) atoms. The van der Waals surface area contributed by atoms with Crippen LogP contribution in [-0.4, -0.2) is 6.71 Å². The lowest BCUT2D eigenvalue weighted by Gasteiger charge is -2.49. The van der Waals surface area contributed by atoms with E-state index in [0.717, 1.165) is 6.42 Å². The molecule has 0 atom stereocenters. The number of nitrogens with zero attached hydrogens (tertiary/aromatic N) is 2. The first-order valence-corrected chi connectivity index (χ1v) is 27.8. The molecule has 0 N–H and O–H groups in total. The Morgan fingerprint density at radius 1 is 0.356 bits per heavy atom. The highest BCUT2D eigenvalue weighted by atomic mass is 15.2. The number of benzene rings is 7. The van der Waals surface area contributed by atoms with Crippen LogP contribution in [0.15, 0.2) is 133 Å². The summed E-state index contributed by atoms with van der Waals surface area (Å²) in [5.41, 5.74) is 27.6. The molecule has 12 rings (SSSR count). The Morgan fingerprint density at radius 3 is 1.27 bits per heavy atom. The van der Waals surface area contributed by atoms with Crippen LogP contribution in [0.25, 0.3) is 22.3 Å². The van der Waals surface area contributed by atoms with Crippen LogP contribution in [0, 0.1) is 0 Å². The standard InChI is InChI=1S/C70H79BN2/c1-64(2,3)47-37-61-63-62(38-47)73(58-29-26-46(44-22-18-16-19-23-44)36-49(58)45-24-20-17-21-25-45)60-43-55-53(68(10,11)33-35-70(55,14)15)41-57(60)71(63)56-40-52-54(69(12,13)34-32-67(52,8)9)42-59(56)72(61)48-27-28-50-51(39-48)66(6,7)31-30-65(50,4)5/h16-29,36-43H,30-35H2,1-15H3. The van der Waals surface area contributed by atoms with E-state index >= 15 is 0 Å². The van der Waals surface area contributed by atoms with Gasteiger partial charge in [0, 0.05) is 34.0 Å². The summed E-state index contributed by atoms with van der Waals surface area (Å²) in [7, 11) is 0. The lowest BCUT2D eigenvalue weighted by molar-refractivity contribution is 0.332. The first-order valence-electron chi connectivity index (χ1n) is 27.8. The molecule has 0 unspecified atom stereocenters. The molecule has 0 radical (unpaired) electrons. The second-order valence-corrected chi connectivity index (χ2v) is 28.2. The predicted octanol–water partition coefficient (Wildman–Crippen LogP) is 17.4. The second-order valence-electron chi connectivity index (χ2n) is 28.2. The molecule has 0 aromatic heterocycles. The summed E-state index contributed by atoms with van der Waals surface area (Å²) in [6.07, 6.45) is 7.06. The molecule has 3 heteroatoms. The van der Waals surface area contributed by atoms with Gasteiger partial charge in [-0.25, -0.2) is 0 Å². The molecule has 0 spiro atoms. The van der Waals surface area contributed by atoms with Gasteiger partial charge < -0.3 is 9.80 Å². The largest absolute Gasteiger partial charge is 0.311 e. The number of hydrogen-bond donors (Lipinski definition) is 0. The van der Waals surface area contributed by atoms with Gasteiger partial charge in [-0.1, -0.05) is 189 Å². The molecular formula is C70H79BN2. The van der Waals surface area contributed by atoms with Gasteiger partial charge in [0.15, 0.2) is 0 Å². The van der Waals surface area contributed by atoms with Crippen molar-refractivity contribution in [2.75, 3.05) is 9.80 Å². The summed E-state index contributed by atoms with van der Waals surface area (Å²) >= 11 is 0. The summed E-state index contributed by atoms with van der Waals surface area (Å²) < 4.78 is 0. The zero-order chi connectivity index (χ0) is 51.6. The van der Waals surface area contributed by atoms with Gasteiger partial charge in [-0.15, -0.1) is 0 Å². The molecule has 0 bridgehead atoms. The van der Waals surface area contributed by atoms with Crippen LogP contribution in [-0.2, 0) is 37.9 Å². The Bertz CT molecular complexity index is 3390. The number of anilines is 6. The minimum Gasteiger partial charge on any atom is -0.311 e. The molecule has 372 valence electrons. The van der Waals surface area contributed by atoms with Crippen molar-refractivity contribution in [1.29, 1.82) is 0 Å². The molecule has 5 aliphatic rings. The van der Waals surface area contributed by atoms with Gasteiger partial charge >= 0.3 is 0 Å². The topological polar surface area (TPSA) is 6.48 Å². The molecule has 0 fully saturated rings. The smallest absolute Gasteiger partial charge is 0.252 e. The minimum absolute atomic E-state index is 0.0190. The zero-order valence-corrected chi connectivity index (χ0v) is 46.9. The third-order valence-electron chi connectivity index (χ3n) is 19.4. The van der Waals surface area contributed by atoms with E-state index in [1.807, 2.05) is 0 Å². The van der Waals surface area contributed by atoms with E-state index in [1.165, 1.54) is 144 Å². The summed E-state index contributed by atoms with van der Waals surface area (Å²) in [4.78, 5) is 5.49. The lowest BCUT2D eigenvalue weighted by Crippen LogP contribution is -2.62. The van der Waals surface area contributed by atoms with E-state index in [4.69, 9.17) is 0 Å². The van der Waals surface area contributed by atoms with E-state index < -0.39 is 0 Å². The normalized spacial score (nSPS) is 20.0. The summed E-state index contributed by atoms with van der Waals surface area (Å²) in [5, 5.41) is 0. The maximum absolute atomic E-state index is 2.75. The van der Waals surface area contributed by atoms with Gasteiger partial charge in [-0.05, 0) is 197 Å². The van der Waals surface area contributed by atoms with Crippen molar-refractivity contribution in [1.82, 2.24) is 0 Å². The van der Waals surface area contributed by atoms with E-state index in [1.54, 1.807) is 0 Å². The van der Waals surface area contributed by atoms with Gasteiger partial charge in [-0.2, -0.15) is 0 Å². The molecule has 0 saturated heterocycles. The Hall–Kier alpha value is -5.80. The minimum atomic E-state index is -0.135. The van der Waals surface area contributed by atoms with Crippen molar-refractivity contribution in [3.8, 4) is 22.3 Å². The Balaban J connectivity index is 1.25. The van der Waals surface area contributed by atoms with Gasteiger partial charge in [0.2, 0.25) is 0 Å². The fourth-order valence-corrected chi connectivity index (χ4v) is 14.2. The van der Waals surface area contributed by atoms with Crippen LogP contribution in [0.2, 0.25) is 0 Å². The maximum Gasteiger partial charge on any atom is 0.252 e. The van der Waals surface area contributed by atoms with E-state index in [-0.39, 0.29) is 44.6 Å². The number of hydrogen-bond acceptors (Lipinski definition) is 2. The first-order chi connectivity index (χ1) is 34.3. The zero-order valence-electron chi connectivity index (χ0n) is 46.9. The lowest BCUT2D eigenvalue weighted by atomic mass is 9.32. The molecule has 7 aromatic rings. The van der Waals surface area contributed by atoms with Gasteiger partial charge in [0.05, 0.1) is 5.69 Å². The number of rotatable bonds is 4. The molecule has 7 aromatic carbocycles. The molecule has 0 amide bonds. The second kappa shape index (κ2) is 15.9. The molecule has 0 saturated carbocycles. The van der Waals surface area contributed by atoms with Crippen molar-refractivity contribution in [3.63, 3.8) is 0 Å². The van der Waals surface area contributed by atoms with Crippen molar-refractivity contribution < 1.29 is 0 Å². The van der Waals surface area contributed by atoms with Crippen LogP contribution >= 0.6 is 0 Å². The molecule has 2 aliphatic heterocycles. The fourth-order valence-electron chi connectivity index (χ4n) is 14.2. The van der Waals surface area contributed by atoms with E-state index in [0.29, 0.717) is 0 Å². The Labute approximate surface area is 439 Å². The van der Waals surface area contributed by atoms with Crippen LogP contribution in [0.5, 0.6) is 0 Å². The highest BCUT2D eigenvalue weighted by Crippen LogP contribution is 2.55. The van der Waals surface area contributed by atoms with Crippen molar-refractivity contribution in [2.24, 2.45) is 0 Å². The molecule has 2 heterocycles. The quantitative estimate of drug-likeness (QED) is 0.162. The van der Waals surface area contributed by atoms with Crippen molar-refractivity contribution >= 4 is 57.2 Å². The SMILES string of the molecule is CC(C)(C)c1cc2c3c(c1)N(c1ccc(-c4ccccc4)cc1-c1ccccc1)c1cc4c(cc1B3c1cc3c(cc1N2c1ccc2c(c1)C(C)(C)CCC2(C)C)C(C)(C)CCC3(C)C)C(C)(C)CCC4(C)C. The van der Waals surface area contributed by atoms with Gasteiger partial charge in [0.1, 0.15) is 0 Å². The molecule has 2 nitrogen and oxygen atoms in total. The Kier molecular flexibility index (Phi) is 10.5. The van der Waals surface area contributed by atoms with Crippen LogP contribution in [0.1, 0.15) is 181 Å². The third kappa shape index (κ3) is 7.46. The van der Waals surface area contributed by atoms with E-state index in [2.05, 4.69) is 247 Å². The van der Waals surface area contributed by atoms with Gasteiger partial charge in [-0.3, -0.25) is 0 Å². The van der Waals surface area contributed by atoms with Crippen LogP contribution in [0.3, 0.4) is 0 Å². The third-order valence-corrected chi connectivity index (χ3v) is 19.4. The Morgan fingerprint density at radius 2 is 0.781 bits per heavy atom. The molecular weight excluding hydrogens is 880 g/mol. The molecule has 3 aliphatic carbocycles. The fraction of sp³-hybridized carbons (Fsp3) is 0.400.